The van der Waals surface area contributed by atoms with Gasteiger partial charge in [-0.25, -0.2) is 0 Å². The average Bonchev–Trinajstić information content (AvgIpc) is 2.80. The lowest BCUT2D eigenvalue weighted by Gasteiger charge is -2.44. The Morgan fingerprint density at radius 2 is 2.06 bits per heavy atom. The molecule has 18 heavy (non-hydrogen) atoms. The minimum Gasteiger partial charge on any atom is -0.310 e. The van der Waals surface area contributed by atoms with Crippen molar-refractivity contribution < 1.29 is 0 Å². The van der Waals surface area contributed by atoms with Crippen molar-refractivity contribution in [3.63, 3.8) is 0 Å². The monoisotopic (exact) mass is 268 g/mol. The van der Waals surface area contributed by atoms with Crippen molar-refractivity contribution in [1.82, 2.24) is 10.2 Å². The molecule has 0 spiro atoms. The van der Waals surface area contributed by atoms with Crippen LogP contribution in [0.25, 0.3) is 0 Å². The zero-order valence-corrected chi connectivity index (χ0v) is 12.6. The van der Waals surface area contributed by atoms with E-state index in [1.54, 1.807) is 0 Å². The number of rotatable bonds is 4. The van der Waals surface area contributed by atoms with E-state index < -0.39 is 0 Å². The molecule has 3 heteroatoms. The maximum atomic E-state index is 3.90. The fraction of sp³-hybridized carbons (Fsp3) is 1.00. The van der Waals surface area contributed by atoms with Gasteiger partial charge < -0.3 is 10.2 Å². The van der Waals surface area contributed by atoms with Crippen LogP contribution in [-0.4, -0.2) is 47.6 Å². The van der Waals surface area contributed by atoms with E-state index in [2.05, 4.69) is 28.9 Å². The third kappa shape index (κ3) is 3.05. The summed E-state index contributed by atoms with van der Waals surface area (Å²) in [5, 5.41) is 3.90. The van der Waals surface area contributed by atoms with Gasteiger partial charge in [-0.15, -0.1) is 0 Å². The Bertz CT molecular complexity index is 261. The summed E-state index contributed by atoms with van der Waals surface area (Å²) in [6, 6.07) is 2.46. The second-order valence-corrected chi connectivity index (χ2v) is 7.65. The lowest BCUT2D eigenvalue weighted by Crippen LogP contribution is -2.51. The molecule has 0 aromatic carbocycles. The molecule has 3 atom stereocenters. The molecule has 2 saturated heterocycles. The summed E-state index contributed by atoms with van der Waals surface area (Å²) >= 11 is 2.12. The van der Waals surface area contributed by atoms with Crippen molar-refractivity contribution in [2.75, 3.05) is 24.6 Å². The molecule has 3 rings (SSSR count). The van der Waals surface area contributed by atoms with Crippen LogP contribution in [0, 0.1) is 5.92 Å². The van der Waals surface area contributed by atoms with E-state index in [1.165, 1.54) is 63.1 Å². The Morgan fingerprint density at radius 3 is 2.72 bits per heavy atom. The Labute approximate surface area is 116 Å². The molecule has 1 aliphatic carbocycles. The Hall–Kier alpha value is 0.270. The number of nitrogens with one attached hydrogen (secondary N) is 1. The van der Waals surface area contributed by atoms with Gasteiger partial charge in [0.1, 0.15) is 0 Å². The number of piperidine rings is 1. The second kappa shape index (κ2) is 6.15. The predicted molar refractivity (Wildman–Crippen MR) is 80.3 cm³/mol. The molecule has 3 aliphatic rings. The first kappa shape index (κ1) is 13.3. The highest BCUT2D eigenvalue weighted by molar-refractivity contribution is 7.99. The van der Waals surface area contributed by atoms with Gasteiger partial charge in [0.05, 0.1) is 0 Å². The zero-order chi connectivity index (χ0) is 12.4. The summed E-state index contributed by atoms with van der Waals surface area (Å²) < 4.78 is 0. The first-order valence-corrected chi connectivity index (χ1v) is 9.06. The summed E-state index contributed by atoms with van der Waals surface area (Å²) in [6.07, 6.45) is 8.65. The first-order valence-electron chi connectivity index (χ1n) is 7.91. The van der Waals surface area contributed by atoms with Crippen molar-refractivity contribution in [2.24, 2.45) is 5.92 Å². The summed E-state index contributed by atoms with van der Waals surface area (Å²) in [5.74, 6) is 3.59. The first-order chi connectivity index (χ1) is 8.83. The Balaban J connectivity index is 1.47. The van der Waals surface area contributed by atoms with E-state index in [1.807, 2.05) is 0 Å². The lowest BCUT2D eigenvalue weighted by molar-refractivity contribution is 0.0656. The molecule has 0 aromatic heterocycles. The van der Waals surface area contributed by atoms with Crippen LogP contribution in [0.2, 0.25) is 0 Å². The fourth-order valence-corrected chi connectivity index (χ4v) is 4.87. The SMILES string of the molecule is C[C@H](N[C@H]1CCSC1)[C@H]1CCCN(C2CCC2)C1. The van der Waals surface area contributed by atoms with Gasteiger partial charge in [0.25, 0.3) is 0 Å². The van der Waals surface area contributed by atoms with Gasteiger partial charge in [0.2, 0.25) is 0 Å². The molecule has 0 amide bonds. The van der Waals surface area contributed by atoms with Gasteiger partial charge in [-0.05, 0) is 57.2 Å². The van der Waals surface area contributed by atoms with E-state index in [9.17, 15) is 0 Å². The van der Waals surface area contributed by atoms with Crippen molar-refractivity contribution in [1.29, 1.82) is 0 Å². The molecular formula is C15H28N2S. The molecule has 2 nitrogen and oxygen atoms in total. The van der Waals surface area contributed by atoms with Crippen LogP contribution in [-0.2, 0) is 0 Å². The van der Waals surface area contributed by atoms with Crippen LogP contribution >= 0.6 is 11.8 Å². The number of thioether (sulfide) groups is 1. The predicted octanol–water partition coefficient (Wildman–Crippen LogP) is 2.73. The van der Waals surface area contributed by atoms with Crippen LogP contribution in [0.4, 0.5) is 0 Å². The minimum absolute atomic E-state index is 0.719. The van der Waals surface area contributed by atoms with Crippen LogP contribution in [0.1, 0.15) is 45.4 Å². The Morgan fingerprint density at radius 1 is 1.17 bits per heavy atom. The molecule has 0 unspecified atom stereocenters. The van der Waals surface area contributed by atoms with E-state index in [4.69, 9.17) is 0 Å². The smallest absolute Gasteiger partial charge is 0.0168 e. The molecule has 2 heterocycles. The molecule has 104 valence electrons. The fourth-order valence-electron chi connectivity index (χ4n) is 3.71. The van der Waals surface area contributed by atoms with Gasteiger partial charge in [0.15, 0.2) is 0 Å². The van der Waals surface area contributed by atoms with Gasteiger partial charge in [-0.3, -0.25) is 0 Å². The third-order valence-corrected chi connectivity index (χ3v) is 6.38. The zero-order valence-electron chi connectivity index (χ0n) is 11.7. The highest BCUT2D eigenvalue weighted by atomic mass is 32.2. The summed E-state index contributed by atoms with van der Waals surface area (Å²) in [5.41, 5.74) is 0. The van der Waals surface area contributed by atoms with E-state index in [0.717, 1.165) is 24.0 Å². The number of hydrogen-bond donors (Lipinski definition) is 1. The average molecular weight is 268 g/mol. The molecule has 1 saturated carbocycles. The molecule has 0 radical (unpaired) electrons. The third-order valence-electron chi connectivity index (χ3n) is 5.22. The number of hydrogen-bond acceptors (Lipinski definition) is 3. The molecule has 0 bridgehead atoms. The number of likely N-dealkylation sites (tertiary alicyclic amines) is 1. The van der Waals surface area contributed by atoms with Crippen LogP contribution in [0.15, 0.2) is 0 Å². The minimum atomic E-state index is 0.719. The standard InChI is InChI=1S/C15H28N2S/c1-12(16-14-7-9-18-11-14)13-4-3-8-17(10-13)15-5-2-6-15/h12-16H,2-11H2,1H3/t12-,13-,14-/m0/s1. The second-order valence-electron chi connectivity index (χ2n) is 6.50. The maximum Gasteiger partial charge on any atom is 0.0168 e. The van der Waals surface area contributed by atoms with Crippen molar-refractivity contribution in [2.45, 2.75) is 63.6 Å². The van der Waals surface area contributed by atoms with E-state index >= 15 is 0 Å². The molecule has 2 aliphatic heterocycles. The van der Waals surface area contributed by atoms with E-state index in [0.29, 0.717) is 0 Å². The molecular weight excluding hydrogens is 240 g/mol. The largest absolute Gasteiger partial charge is 0.310 e. The van der Waals surface area contributed by atoms with Crippen LogP contribution in [0.5, 0.6) is 0 Å². The van der Waals surface area contributed by atoms with Crippen molar-refractivity contribution >= 4 is 11.8 Å². The van der Waals surface area contributed by atoms with Gasteiger partial charge in [-0.2, -0.15) is 11.8 Å². The van der Waals surface area contributed by atoms with E-state index in [-0.39, 0.29) is 0 Å². The van der Waals surface area contributed by atoms with Crippen LogP contribution in [0.3, 0.4) is 0 Å². The quantitative estimate of drug-likeness (QED) is 0.844. The summed E-state index contributed by atoms with van der Waals surface area (Å²) in [7, 11) is 0. The van der Waals surface area contributed by atoms with Crippen LogP contribution < -0.4 is 5.32 Å². The molecule has 0 aromatic rings. The Kier molecular flexibility index (Phi) is 4.53. The van der Waals surface area contributed by atoms with Gasteiger partial charge in [0, 0.05) is 30.4 Å². The molecule has 1 N–H and O–H groups in total. The maximum absolute atomic E-state index is 3.90. The summed E-state index contributed by atoms with van der Waals surface area (Å²) in [4.78, 5) is 2.79. The normalized spacial score (nSPS) is 36.5. The van der Waals surface area contributed by atoms with Gasteiger partial charge >= 0.3 is 0 Å². The number of nitrogens with zero attached hydrogens (tertiary/aromatic N) is 1. The molecule has 3 fully saturated rings. The highest BCUT2D eigenvalue weighted by Gasteiger charge is 2.32. The van der Waals surface area contributed by atoms with Gasteiger partial charge in [-0.1, -0.05) is 6.42 Å². The van der Waals surface area contributed by atoms with Crippen molar-refractivity contribution in [3.8, 4) is 0 Å². The highest BCUT2D eigenvalue weighted by Crippen LogP contribution is 2.30. The topological polar surface area (TPSA) is 15.3 Å². The van der Waals surface area contributed by atoms with Crippen molar-refractivity contribution in [3.05, 3.63) is 0 Å². The lowest BCUT2D eigenvalue weighted by atomic mass is 9.85. The summed E-state index contributed by atoms with van der Waals surface area (Å²) in [6.45, 7) is 5.16.